The second-order valence-electron chi connectivity index (χ2n) is 3.91. The summed E-state index contributed by atoms with van der Waals surface area (Å²) >= 11 is 6.04. The van der Waals surface area contributed by atoms with Crippen LogP contribution in [0.15, 0.2) is 18.2 Å². The molecule has 1 aromatic carbocycles. The van der Waals surface area contributed by atoms with Gasteiger partial charge in [-0.2, -0.15) is 0 Å². The monoisotopic (exact) mass is 237 g/mol. The molecule has 0 aliphatic heterocycles. The van der Waals surface area contributed by atoms with Gasteiger partial charge in [0.15, 0.2) is 5.78 Å². The van der Waals surface area contributed by atoms with E-state index in [1.54, 1.807) is 25.2 Å². The van der Waals surface area contributed by atoms with Crippen LogP contribution in [0.5, 0.6) is 0 Å². The molecule has 0 aromatic heterocycles. The lowest BCUT2D eigenvalue weighted by atomic mass is 9.82. The van der Waals surface area contributed by atoms with Crippen molar-refractivity contribution in [2.45, 2.75) is 12.8 Å². The summed E-state index contributed by atoms with van der Waals surface area (Å²) in [5.41, 5.74) is 1.46. The van der Waals surface area contributed by atoms with Gasteiger partial charge in [-0.05, 0) is 18.1 Å². The van der Waals surface area contributed by atoms with Crippen molar-refractivity contribution in [3.8, 4) is 0 Å². The molecule has 1 atom stereocenters. The number of Topliss-reactive ketones (excluding diaryl/α,β-unsaturated/α-hetero) is 1. The Kier molecular flexibility index (Phi) is 2.97. The second kappa shape index (κ2) is 4.26. The van der Waals surface area contributed by atoms with Crippen LogP contribution >= 0.6 is 11.6 Å². The molecule has 1 aromatic rings. The molecule has 2 rings (SSSR count). The zero-order valence-corrected chi connectivity index (χ0v) is 9.67. The molecule has 0 fully saturated rings. The summed E-state index contributed by atoms with van der Waals surface area (Å²) < 4.78 is 0. The number of hydrogen-bond donors (Lipinski definition) is 1. The molecule has 4 heteroatoms. The van der Waals surface area contributed by atoms with Crippen molar-refractivity contribution in [1.29, 1.82) is 0 Å². The Morgan fingerprint density at radius 2 is 2.19 bits per heavy atom. The zero-order chi connectivity index (χ0) is 11.7. The number of nitrogens with one attached hydrogen (secondary N) is 1. The average molecular weight is 238 g/mol. The molecule has 0 saturated carbocycles. The first-order chi connectivity index (χ1) is 7.63. The predicted molar refractivity (Wildman–Crippen MR) is 61.7 cm³/mol. The van der Waals surface area contributed by atoms with Gasteiger partial charge in [0, 0.05) is 30.0 Å². The molecule has 1 aliphatic carbocycles. The number of hydrogen-bond acceptors (Lipinski definition) is 2. The average Bonchev–Trinajstić information content (AvgIpc) is 2.29. The van der Waals surface area contributed by atoms with Gasteiger partial charge in [-0.1, -0.05) is 23.7 Å². The number of amides is 1. The minimum atomic E-state index is -0.287. The fraction of sp³-hybridized carbons (Fsp3) is 0.333. The molecule has 3 nitrogen and oxygen atoms in total. The van der Waals surface area contributed by atoms with Crippen LogP contribution in [0.1, 0.15) is 22.3 Å². The van der Waals surface area contributed by atoms with E-state index in [9.17, 15) is 9.59 Å². The molecule has 1 amide bonds. The van der Waals surface area contributed by atoms with Crippen LogP contribution in [0.3, 0.4) is 0 Å². The fourth-order valence-corrected chi connectivity index (χ4v) is 2.32. The van der Waals surface area contributed by atoms with E-state index in [2.05, 4.69) is 5.32 Å². The van der Waals surface area contributed by atoms with Crippen molar-refractivity contribution in [2.75, 3.05) is 7.05 Å². The first kappa shape index (κ1) is 11.1. The second-order valence-corrected chi connectivity index (χ2v) is 4.32. The molecule has 0 bridgehead atoms. The Balaban J connectivity index is 2.39. The minimum absolute atomic E-state index is 0.00245. The number of benzene rings is 1. The lowest BCUT2D eigenvalue weighted by Crippen LogP contribution is -2.33. The van der Waals surface area contributed by atoms with Crippen LogP contribution in [0.25, 0.3) is 0 Å². The quantitative estimate of drug-likeness (QED) is 0.810. The van der Waals surface area contributed by atoms with Crippen molar-refractivity contribution < 1.29 is 9.59 Å². The number of halogens is 1. The summed E-state index contributed by atoms with van der Waals surface area (Å²) in [6, 6.07) is 5.28. The topological polar surface area (TPSA) is 46.2 Å². The third kappa shape index (κ3) is 1.83. The standard InChI is InChI=1S/C12H12ClNO2/c1-14-12(16)7-5-9-8(11(15)6-7)3-2-4-10(9)13/h2-4,7H,5-6H2,1H3,(H,14,16). The van der Waals surface area contributed by atoms with E-state index in [0.717, 1.165) is 5.56 Å². The Labute approximate surface area is 98.8 Å². The predicted octanol–water partition coefficient (Wildman–Crippen LogP) is 1.83. The van der Waals surface area contributed by atoms with Gasteiger partial charge < -0.3 is 5.32 Å². The molecule has 1 unspecified atom stereocenters. The van der Waals surface area contributed by atoms with E-state index in [-0.39, 0.29) is 24.0 Å². The SMILES string of the molecule is CNC(=O)C1CC(=O)c2cccc(Cl)c2C1. The molecule has 0 saturated heterocycles. The van der Waals surface area contributed by atoms with Gasteiger partial charge in [0.1, 0.15) is 0 Å². The number of ketones is 1. The minimum Gasteiger partial charge on any atom is -0.359 e. The van der Waals surface area contributed by atoms with Crippen LogP contribution in [0.2, 0.25) is 5.02 Å². The largest absolute Gasteiger partial charge is 0.359 e. The summed E-state index contributed by atoms with van der Waals surface area (Å²) in [5, 5.41) is 3.14. The zero-order valence-electron chi connectivity index (χ0n) is 8.92. The molecule has 16 heavy (non-hydrogen) atoms. The highest BCUT2D eigenvalue weighted by molar-refractivity contribution is 6.32. The van der Waals surface area contributed by atoms with Crippen LogP contribution in [-0.2, 0) is 11.2 Å². The summed E-state index contributed by atoms with van der Waals surface area (Å²) in [6.07, 6.45) is 0.813. The van der Waals surface area contributed by atoms with Crippen LogP contribution < -0.4 is 5.32 Å². The van der Waals surface area contributed by atoms with Gasteiger partial charge >= 0.3 is 0 Å². The van der Waals surface area contributed by atoms with Crippen LogP contribution in [0, 0.1) is 5.92 Å². The van der Waals surface area contributed by atoms with E-state index in [4.69, 9.17) is 11.6 Å². The highest BCUT2D eigenvalue weighted by Crippen LogP contribution is 2.30. The maximum atomic E-state index is 11.8. The van der Waals surface area contributed by atoms with Crippen molar-refractivity contribution in [2.24, 2.45) is 5.92 Å². The fourth-order valence-electron chi connectivity index (χ4n) is 2.07. The van der Waals surface area contributed by atoms with E-state index in [0.29, 0.717) is 17.0 Å². The molecule has 84 valence electrons. The van der Waals surface area contributed by atoms with E-state index < -0.39 is 0 Å². The van der Waals surface area contributed by atoms with Crippen LogP contribution in [0.4, 0.5) is 0 Å². The lowest BCUT2D eigenvalue weighted by molar-refractivity contribution is -0.124. The van der Waals surface area contributed by atoms with Gasteiger partial charge in [-0.15, -0.1) is 0 Å². The molecule has 0 heterocycles. The van der Waals surface area contributed by atoms with Gasteiger partial charge in [-0.3, -0.25) is 9.59 Å². The highest BCUT2D eigenvalue weighted by Gasteiger charge is 2.30. The molecule has 0 spiro atoms. The smallest absolute Gasteiger partial charge is 0.223 e. The van der Waals surface area contributed by atoms with E-state index >= 15 is 0 Å². The van der Waals surface area contributed by atoms with Gasteiger partial charge in [0.05, 0.1) is 0 Å². The third-order valence-corrected chi connectivity index (χ3v) is 3.27. The number of fused-ring (bicyclic) bond motifs is 1. The number of rotatable bonds is 1. The summed E-state index contributed by atoms with van der Waals surface area (Å²) in [4.78, 5) is 23.4. The normalized spacial score (nSPS) is 19.1. The first-order valence-corrected chi connectivity index (χ1v) is 5.53. The molecular formula is C12H12ClNO2. The Morgan fingerprint density at radius 3 is 2.88 bits per heavy atom. The third-order valence-electron chi connectivity index (χ3n) is 2.92. The molecular weight excluding hydrogens is 226 g/mol. The summed E-state index contributed by atoms with van der Waals surface area (Å²) in [6.45, 7) is 0. The van der Waals surface area contributed by atoms with Crippen molar-refractivity contribution in [1.82, 2.24) is 5.32 Å². The summed E-state index contributed by atoms with van der Waals surface area (Å²) in [7, 11) is 1.58. The van der Waals surface area contributed by atoms with Crippen molar-refractivity contribution in [3.05, 3.63) is 34.3 Å². The number of carbonyl (C=O) groups is 2. The molecule has 0 radical (unpaired) electrons. The maximum Gasteiger partial charge on any atom is 0.223 e. The van der Waals surface area contributed by atoms with Gasteiger partial charge in [0.25, 0.3) is 0 Å². The molecule has 1 aliphatic rings. The Morgan fingerprint density at radius 1 is 1.44 bits per heavy atom. The Hall–Kier alpha value is -1.35. The van der Waals surface area contributed by atoms with E-state index in [1.807, 2.05) is 0 Å². The van der Waals surface area contributed by atoms with Gasteiger partial charge in [0.2, 0.25) is 5.91 Å². The van der Waals surface area contributed by atoms with Crippen molar-refractivity contribution >= 4 is 23.3 Å². The van der Waals surface area contributed by atoms with Crippen molar-refractivity contribution in [3.63, 3.8) is 0 Å². The highest BCUT2D eigenvalue weighted by atomic mass is 35.5. The van der Waals surface area contributed by atoms with E-state index in [1.165, 1.54) is 0 Å². The van der Waals surface area contributed by atoms with Crippen LogP contribution in [-0.4, -0.2) is 18.7 Å². The first-order valence-electron chi connectivity index (χ1n) is 5.15. The lowest BCUT2D eigenvalue weighted by Gasteiger charge is -2.23. The Bertz CT molecular complexity index is 456. The maximum absolute atomic E-state index is 11.8. The van der Waals surface area contributed by atoms with Gasteiger partial charge in [-0.25, -0.2) is 0 Å². The molecule has 1 N–H and O–H groups in total. The summed E-state index contributed by atoms with van der Waals surface area (Å²) in [5.74, 6) is -0.388. The number of carbonyl (C=O) groups excluding carboxylic acids is 2.